The van der Waals surface area contributed by atoms with Crippen LogP contribution in [0.1, 0.15) is 52.2 Å². The van der Waals surface area contributed by atoms with Gasteiger partial charge in [-0.15, -0.1) is 0 Å². The molecular formula is C33H26Cl2F4N4O6. The maximum atomic E-state index is 16.2. The average molecular weight is 721 g/mol. The van der Waals surface area contributed by atoms with E-state index < -0.39 is 80.6 Å². The molecule has 3 aromatic rings. The van der Waals surface area contributed by atoms with E-state index >= 15 is 4.39 Å². The number of anilines is 2. The van der Waals surface area contributed by atoms with E-state index in [1.54, 1.807) is 18.2 Å². The molecule has 2 saturated heterocycles. The topological polar surface area (TPSA) is 122 Å². The van der Waals surface area contributed by atoms with Crippen molar-refractivity contribution in [3.63, 3.8) is 0 Å². The molecule has 3 aromatic carbocycles. The summed E-state index contributed by atoms with van der Waals surface area (Å²) in [6, 6.07) is 9.06. The zero-order chi connectivity index (χ0) is 35.2. The number of hydrogen-bond donors (Lipinski definition) is 1. The molecule has 49 heavy (non-hydrogen) atoms. The van der Waals surface area contributed by atoms with E-state index in [0.717, 1.165) is 24.9 Å². The molecule has 4 aliphatic rings. The normalized spacial score (nSPS) is 25.0. The molecule has 1 aliphatic carbocycles. The molecule has 3 aliphatic heterocycles. The molecule has 1 N–H and O–H groups in total. The number of hydrogen-bond acceptors (Lipinski definition) is 7. The Kier molecular flexibility index (Phi) is 7.91. The second-order valence-corrected chi connectivity index (χ2v) is 13.5. The largest absolute Gasteiger partial charge is 0.465 e. The van der Waals surface area contributed by atoms with Gasteiger partial charge in [-0.05, 0) is 55.0 Å². The maximum absolute atomic E-state index is 16.2. The van der Waals surface area contributed by atoms with Crippen molar-refractivity contribution < 1.29 is 41.6 Å². The minimum Gasteiger partial charge on any atom is -0.465 e. The van der Waals surface area contributed by atoms with Gasteiger partial charge in [-0.1, -0.05) is 41.4 Å². The Morgan fingerprint density at radius 1 is 1.12 bits per heavy atom. The molecule has 0 unspecified atom stereocenters. The molecule has 0 radical (unpaired) electrons. The molecule has 4 atom stereocenters. The monoisotopic (exact) mass is 720 g/mol. The summed E-state index contributed by atoms with van der Waals surface area (Å²) in [7, 11) is 0.834. The standard InChI is InChI=1S/C33H26Cl2F4N4O6/c1-49-30(45)18-12-25(43(47)48)24(13-20(18)33(37,38)39)41-10-9-23-26(29(41)44)27(17-3-2-4-21(35)28(17)36)32(42(23)14-15-5-6-15)19-8-7-16(34)11-22(19)40-31(32)46/h2-4,7-8,11-13,15,23,26-27H,5-6,9-10,14H2,1H3,(H,40,46)/t23-,26+,27-,32+/m0/s1. The van der Waals surface area contributed by atoms with E-state index in [1.807, 2.05) is 4.90 Å². The molecule has 3 fully saturated rings. The highest BCUT2D eigenvalue weighted by atomic mass is 35.5. The molecule has 10 nitrogen and oxygen atoms in total. The van der Waals surface area contributed by atoms with Gasteiger partial charge in [0.25, 0.3) is 5.69 Å². The van der Waals surface area contributed by atoms with Crippen LogP contribution in [0.15, 0.2) is 48.5 Å². The Morgan fingerprint density at radius 2 is 1.86 bits per heavy atom. The van der Waals surface area contributed by atoms with Crippen molar-refractivity contribution in [3.05, 3.63) is 96.8 Å². The van der Waals surface area contributed by atoms with Gasteiger partial charge in [-0.25, -0.2) is 9.18 Å². The number of amides is 2. The van der Waals surface area contributed by atoms with Crippen LogP contribution in [0, 0.1) is 27.8 Å². The number of methoxy groups -OCH3 is 1. The fourth-order valence-electron chi connectivity index (χ4n) is 7.93. The van der Waals surface area contributed by atoms with Crippen LogP contribution < -0.4 is 10.2 Å². The van der Waals surface area contributed by atoms with E-state index in [4.69, 9.17) is 23.2 Å². The summed E-state index contributed by atoms with van der Waals surface area (Å²) in [6.07, 6.45) is -3.38. The minimum absolute atomic E-state index is 0.0665. The van der Waals surface area contributed by atoms with Gasteiger partial charge in [0.1, 0.15) is 17.0 Å². The lowest BCUT2D eigenvalue weighted by atomic mass is 9.70. The van der Waals surface area contributed by atoms with Crippen molar-refractivity contribution >= 4 is 58.0 Å². The predicted molar refractivity (Wildman–Crippen MR) is 169 cm³/mol. The number of esters is 1. The minimum atomic E-state index is -5.16. The van der Waals surface area contributed by atoms with Crippen molar-refractivity contribution in [2.24, 2.45) is 11.8 Å². The second-order valence-electron chi connectivity index (χ2n) is 12.6. The Balaban J connectivity index is 1.46. The second kappa shape index (κ2) is 11.7. The van der Waals surface area contributed by atoms with E-state index in [-0.39, 0.29) is 29.5 Å². The number of rotatable bonds is 6. The first-order valence-corrected chi connectivity index (χ1v) is 16.1. The lowest BCUT2D eigenvalue weighted by Crippen LogP contribution is -2.54. The molecule has 1 spiro atoms. The Morgan fingerprint density at radius 3 is 2.51 bits per heavy atom. The number of fused-ring (bicyclic) bond motifs is 3. The highest BCUT2D eigenvalue weighted by Gasteiger charge is 2.70. The van der Waals surface area contributed by atoms with Crippen LogP contribution in [0.3, 0.4) is 0 Å². The first-order valence-electron chi connectivity index (χ1n) is 15.3. The molecule has 16 heteroatoms. The quantitative estimate of drug-likeness (QED) is 0.127. The fraction of sp³-hybridized carbons (Fsp3) is 0.364. The number of likely N-dealkylation sites (tertiary alicyclic amines) is 1. The van der Waals surface area contributed by atoms with Crippen LogP contribution in [-0.2, 0) is 26.0 Å². The van der Waals surface area contributed by atoms with E-state index in [2.05, 4.69) is 10.1 Å². The third-order valence-electron chi connectivity index (χ3n) is 10.0. The molecule has 0 bridgehead atoms. The zero-order valence-electron chi connectivity index (χ0n) is 25.5. The van der Waals surface area contributed by atoms with Gasteiger partial charge < -0.3 is 15.0 Å². The Labute approximate surface area is 286 Å². The summed E-state index contributed by atoms with van der Waals surface area (Å²) in [4.78, 5) is 55.7. The number of nitrogens with one attached hydrogen (secondary N) is 1. The van der Waals surface area contributed by atoms with Crippen LogP contribution >= 0.6 is 23.2 Å². The van der Waals surface area contributed by atoms with Crippen LogP contribution in [0.5, 0.6) is 0 Å². The number of nitrogens with zero attached hydrogens (tertiary/aromatic N) is 3. The van der Waals surface area contributed by atoms with Crippen molar-refractivity contribution in [2.75, 3.05) is 30.4 Å². The molecule has 0 aromatic heterocycles. The number of nitro benzene ring substituents is 1. The number of alkyl halides is 3. The van der Waals surface area contributed by atoms with Crippen molar-refractivity contribution in [1.29, 1.82) is 0 Å². The number of benzene rings is 3. The summed E-state index contributed by atoms with van der Waals surface area (Å²) >= 11 is 12.5. The van der Waals surface area contributed by atoms with Crippen LogP contribution in [0.25, 0.3) is 0 Å². The van der Waals surface area contributed by atoms with E-state index in [1.165, 1.54) is 18.2 Å². The van der Waals surface area contributed by atoms with Crippen LogP contribution in [0.4, 0.5) is 34.6 Å². The van der Waals surface area contributed by atoms with Crippen LogP contribution in [0.2, 0.25) is 10.0 Å². The smallest absolute Gasteiger partial charge is 0.417 e. The number of halogens is 6. The van der Waals surface area contributed by atoms with Gasteiger partial charge in [0, 0.05) is 47.4 Å². The highest BCUT2D eigenvalue weighted by molar-refractivity contribution is 6.31. The van der Waals surface area contributed by atoms with Gasteiger partial charge in [0.2, 0.25) is 11.8 Å². The SMILES string of the molecule is COC(=O)c1cc([N+](=O)[O-])c(N2CC[C@H]3[C@@H](C2=O)[C@H](c2cccc(Cl)c2F)[C@]2(C(=O)Nc4cc(Cl)ccc42)N3CC2CC2)cc1C(F)(F)F. The number of nitro groups is 1. The van der Waals surface area contributed by atoms with Gasteiger partial charge in [0.05, 0.1) is 34.1 Å². The lowest BCUT2D eigenvalue weighted by molar-refractivity contribution is -0.384. The first kappa shape index (κ1) is 33.2. The van der Waals surface area contributed by atoms with Gasteiger partial charge in [0.15, 0.2) is 0 Å². The molecular weight excluding hydrogens is 695 g/mol. The summed E-state index contributed by atoms with van der Waals surface area (Å²) in [5.41, 5.74) is -5.21. The van der Waals surface area contributed by atoms with Crippen molar-refractivity contribution in [1.82, 2.24) is 4.90 Å². The molecule has 3 heterocycles. The number of carbonyl (C=O) groups excluding carboxylic acids is 3. The number of carbonyl (C=O) groups is 3. The number of piperidine rings is 1. The third-order valence-corrected chi connectivity index (χ3v) is 10.6. The zero-order valence-corrected chi connectivity index (χ0v) is 27.0. The first-order chi connectivity index (χ1) is 23.2. The lowest BCUT2D eigenvalue weighted by Gasteiger charge is -2.40. The maximum Gasteiger partial charge on any atom is 0.417 e. The summed E-state index contributed by atoms with van der Waals surface area (Å²) in [5.74, 6) is -6.12. The van der Waals surface area contributed by atoms with Crippen LogP contribution in [-0.4, -0.2) is 53.8 Å². The predicted octanol–water partition coefficient (Wildman–Crippen LogP) is 6.92. The summed E-state index contributed by atoms with van der Waals surface area (Å²) < 4.78 is 63.5. The van der Waals surface area contributed by atoms with Gasteiger partial charge >= 0.3 is 12.1 Å². The molecule has 1 saturated carbocycles. The third kappa shape index (κ3) is 5.06. The van der Waals surface area contributed by atoms with E-state index in [9.17, 15) is 37.7 Å². The molecule has 7 rings (SSSR count). The van der Waals surface area contributed by atoms with E-state index in [0.29, 0.717) is 35.0 Å². The average Bonchev–Trinajstić information content (AvgIpc) is 3.77. The van der Waals surface area contributed by atoms with Gasteiger partial charge in [-0.3, -0.25) is 24.6 Å². The highest BCUT2D eigenvalue weighted by Crippen LogP contribution is 2.62. The fourth-order valence-corrected chi connectivity index (χ4v) is 8.28. The molecule has 256 valence electrons. The van der Waals surface area contributed by atoms with Crippen molar-refractivity contribution in [3.8, 4) is 0 Å². The van der Waals surface area contributed by atoms with Gasteiger partial charge in [-0.2, -0.15) is 13.2 Å². The number of ether oxygens (including phenoxy) is 1. The Bertz CT molecular complexity index is 1960. The summed E-state index contributed by atoms with van der Waals surface area (Å²) in [6.45, 7) is 0.0849. The summed E-state index contributed by atoms with van der Waals surface area (Å²) in [5, 5.41) is 15.2. The van der Waals surface area contributed by atoms with Crippen molar-refractivity contribution in [2.45, 2.75) is 42.9 Å². The molecule has 2 amide bonds. The Hall–Kier alpha value is -4.27.